The van der Waals surface area contributed by atoms with Gasteiger partial charge >= 0.3 is 6.03 Å². The molecule has 7 nitrogen and oxygen atoms in total. The molecule has 0 unspecified atom stereocenters. The summed E-state index contributed by atoms with van der Waals surface area (Å²) >= 11 is 0. The number of benzene rings is 1. The Morgan fingerprint density at radius 2 is 2.13 bits per heavy atom. The summed E-state index contributed by atoms with van der Waals surface area (Å²) in [7, 11) is 0. The van der Waals surface area contributed by atoms with E-state index in [4.69, 9.17) is 0 Å². The van der Waals surface area contributed by atoms with Gasteiger partial charge in [0.2, 0.25) is 0 Å². The van der Waals surface area contributed by atoms with Crippen molar-refractivity contribution in [3.63, 3.8) is 0 Å². The summed E-state index contributed by atoms with van der Waals surface area (Å²) in [4.78, 5) is 13.8. The Hall–Kier alpha value is -2.51. The molecule has 2 aromatic rings. The molecule has 1 N–H and O–H groups in total. The standard InChI is InChI=1S/C15H19FN6O/c1-3-21(4-2)15(23)17-11-7-8-12(16)13(9-11)22-14(10-5-6-10)18-19-20-22/h7-10H,3-6H2,1-2H3,(H,17,23). The molecule has 1 aliphatic rings. The molecule has 1 aliphatic carbocycles. The van der Waals surface area contributed by atoms with E-state index in [1.807, 2.05) is 13.8 Å². The average molecular weight is 318 g/mol. The van der Waals surface area contributed by atoms with Crippen molar-refractivity contribution in [2.45, 2.75) is 32.6 Å². The summed E-state index contributed by atoms with van der Waals surface area (Å²) in [5, 5.41) is 14.3. The average Bonchev–Trinajstić information content (AvgIpc) is 3.28. The Kier molecular flexibility index (Phi) is 4.22. The van der Waals surface area contributed by atoms with Gasteiger partial charge in [0.15, 0.2) is 5.82 Å². The molecular formula is C15H19FN6O. The minimum absolute atomic E-state index is 0.216. The van der Waals surface area contributed by atoms with Crippen molar-refractivity contribution in [2.75, 3.05) is 18.4 Å². The summed E-state index contributed by atoms with van der Waals surface area (Å²) in [5.74, 6) is 0.523. The Morgan fingerprint density at radius 3 is 2.78 bits per heavy atom. The van der Waals surface area contributed by atoms with Gasteiger partial charge in [-0.25, -0.2) is 9.18 Å². The zero-order valence-corrected chi connectivity index (χ0v) is 13.2. The van der Waals surface area contributed by atoms with Crippen molar-refractivity contribution < 1.29 is 9.18 Å². The van der Waals surface area contributed by atoms with Crippen LogP contribution in [0.25, 0.3) is 5.69 Å². The van der Waals surface area contributed by atoms with Gasteiger partial charge in [-0.15, -0.1) is 5.10 Å². The Bertz CT molecular complexity index is 708. The predicted molar refractivity (Wildman–Crippen MR) is 83.0 cm³/mol. The van der Waals surface area contributed by atoms with Crippen molar-refractivity contribution in [1.82, 2.24) is 25.1 Å². The highest BCUT2D eigenvalue weighted by Crippen LogP contribution is 2.39. The number of aromatic nitrogens is 4. The lowest BCUT2D eigenvalue weighted by molar-refractivity contribution is 0.217. The number of anilines is 1. The third kappa shape index (κ3) is 3.15. The van der Waals surface area contributed by atoms with Crippen LogP contribution in [0.4, 0.5) is 14.9 Å². The first-order valence-electron chi connectivity index (χ1n) is 7.78. The Balaban J connectivity index is 1.87. The van der Waals surface area contributed by atoms with Crippen molar-refractivity contribution in [3.05, 3.63) is 29.8 Å². The fourth-order valence-electron chi connectivity index (χ4n) is 2.43. The number of rotatable bonds is 5. The van der Waals surface area contributed by atoms with Gasteiger partial charge in [0.1, 0.15) is 11.5 Å². The highest BCUT2D eigenvalue weighted by Gasteiger charge is 2.30. The first-order chi connectivity index (χ1) is 11.1. The van der Waals surface area contributed by atoms with E-state index in [-0.39, 0.29) is 11.7 Å². The largest absolute Gasteiger partial charge is 0.325 e. The zero-order valence-electron chi connectivity index (χ0n) is 13.2. The molecule has 1 aromatic carbocycles. The van der Waals surface area contributed by atoms with Gasteiger partial charge in [-0.3, -0.25) is 0 Å². The second-order valence-corrected chi connectivity index (χ2v) is 5.49. The minimum Gasteiger partial charge on any atom is -0.325 e. The Morgan fingerprint density at radius 1 is 1.39 bits per heavy atom. The molecule has 23 heavy (non-hydrogen) atoms. The summed E-state index contributed by atoms with van der Waals surface area (Å²) in [6, 6.07) is 4.18. The molecule has 0 bridgehead atoms. The molecule has 0 saturated heterocycles. The molecule has 2 amide bonds. The number of tetrazole rings is 1. The quantitative estimate of drug-likeness (QED) is 0.919. The van der Waals surface area contributed by atoms with Crippen LogP contribution >= 0.6 is 0 Å². The van der Waals surface area contributed by atoms with Crippen LogP contribution in [0.3, 0.4) is 0 Å². The maximum Gasteiger partial charge on any atom is 0.321 e. The van der Waals surface area contributed by atoms with E-state index in [1.165, 1.54) is 16.8 Å². The smallest absolute Gasteiger partial charge is 0.321 e. The summed E-state index contributed by atoms with van der Waals surface area (Å²) in [5.41, 5.74) is 0.754. The second kappa shape index (κ2) is 6.31. The van der Waals surface area contributed by atoms with Crippen molar-refractivity contribution in [3.8, 4) is 5.69 Å². The highest BCUT2D eigenvalue weighted by molar-refractivity contribution is 5.89. The van der Waals surface area contributed by atoms with Crippen LogP contribution in [0.5, 0.6) is 0 Å². The van der Waals surface area contributed by atoms with Gasteiger partial charge in [-0.1, -0.05) is 0 Å². The maximum atomic E-state index is 14.2. The number of nitrogens with zero attached hydrogens (tertiary/aromatic N) is 5. The number of hydrogen-bond acceptors (Lipinski definition) is 4. The number of amides is 2. The highest BCUT2D eigenvalue weighted by atomic mass is 19.1. The first-order valence-corrected chi connectivity index (χ1v) is 7.78. The van der Waals surface area contributed by atoms with E-state index in [9.17, 15) is 9.18 Å². The van der Waals surface area contributed by atoms with Crippen LogP contribution in [-0.4, -0.2) is 44.2 Å². The predicted octanol–water partition coefficient (Wildman–Crippen LogP) is 2.55. The van der Waals surface area contributed by atoms with E-state index < -0.39 is 5.82 Å². The van der Waals surface area contributed by atoms with E-state index in [1.54, 1.807) is 11.0 Å². The molecule has 1 aromatic heterocycles. The van der Waals surface area contributed by atoms with E-state index in [0.29, 0.717) is 30.5 Å². The SMILES string of the molecule is CCN(CC)C(=O)Nc1ccc(F)c(-n2nnnc2C2CC2)c1. The van der Waals surface area contributed by atoms with Crippen LogP contribution in [0, 0.1) is 5.82 Å². The van der Waals surface area contributed by atoms with Gasteiger partial charge in [-0.2, -0.15) is 4.68 Å². The lowest BCUT2D eigenvalue weighted by Crippen LogP contribution is -2.34. The Labute approximate surface area is 133 Å². The number of nitrogens with one attached hydrogen (secondary N) is 1. The molecule has 0 radical (unpaired) electrons. The fraction of sp³-hybridized carbons (Fsp3) is 0.467. The third-order valence-electron chi connectivity index (χ3n) is 3.91. The van der Waals surface area contributed by atoms with Crippen LogP contribution in [-0.2, 0) is 0 Å². The second-order valence-electron chi connectivity index (χ2n) is 5.49. The number of urea groups is 1. The molecule has 8 heteroatoms. The normalized spacial score (nSPS) is 13.9. The van der Waals surface area contributed by atoms with Gasteiger partial charge in [-0.05, 0) is 55.3 Å². The van der Waals surface area contributed by atoms with E-state index >= 15 is 0 Å². The lowest BCUT2D eigenvalue weighted by atomic mass is 10.2. The van der Waals surface area contributed by atoms with Crippen molar-refractivity contribution in [2.24, 2.45) is 0 Å². The molecule has 0 aliphatic heterocycles. The maximum absolute atomic E-state index is 14.2. The topological polar surface area (TPSA) is 75.9 Å². The van der Waals surface area contributed by atoms with Crippen molar-refractivity contribution >= 4 is 11.7 Å². The van der Waals surface area contributed by atoms with Crippen LogP contribution in [0.1, 0.15) is 38.4 Å². The fourth-order valence-corrected chi connectivity index (χ4v) is 2.43. The van der Waals surface area contributed by atoms with Crippen LogP contribution in [0.15, 0.2) is 18.2 Å². The van der Waals surface area contributed by atoms with Crippen LogP contribution < -0.4 is 5.32 Å². The lowest BCUT2D eigenvalue weighted by Gasteiger charge is -2.19. The molecule has 122 valence electrons. The summed E-state index contributed by atoms with van der Waals surface area (Å²) in [6.07, 6.45) is 2.03. The number of halogens is 1. The monoisotopic (exact) mass is 318 g/mol. The summed E-state index contributed by atoms with van der Waals surface area (Å²) in [6.45, 7) is 5.02. The van der Waals surface area contributed by atoms with Gasteiger partial charge in [0.25, 0.3) is 0 Å². The molecule has 0 spiro atoms. The van der Waals surface area contributed by atoms with E-state index in [0.717, 1.165) is 12.8 Å². The van der Waals surface area contributed by atoms with Gasteiger partial charge in [0.05, 0.1) is 0 Å². The molecule has 1 fully saturated rings. The molecule has 3 rings (SSSR count). The third-order valence-corrected chi connectivity index (χ3v) is 3.91. The zero-order chi connectivity index (χ0) is 16.4. The van der Waals surface area contributed by atoms with Gasteiger partial charge < -0.3 is 10.2 Å². The molecular weight excluding hydrogens is 299 g/mol. The summed E-state index contributed by atoms with van der Waals surface area (Å²) < 4.78 is 15.6. The first kappa shape index (κ1) is 15.4. The van der Waals surface area contributed by atoms with Crippen LogP contribution in [0.2, 0.25) is 0 Å². The molecule has 1 saturated carbocycles. The minimum atomic E-state index is -0.431. The molecule has 0 atom stereocenters. The molecule has 1 heterocycles. The number of carbonyl (C=O) groups is 1. The number of hydrogen-bond donors (Lipinski definition) is 1. The van der Waals surface area contributed by atoms with Gasteiger partial charge in [0, 0.05) is 24.7 Å². The number of carbonyl (C=O) groups excluding carboxylic acids is 1. The van der Waals surface area contributed by atoms with Crippen molar-refractivity contribution in [1.29, 1.82) is 0 Å². The van der Waals surface area contributed by atoms with E-state index in [2.05, 4.69) is 20.8 Å².